The van der Waals surface area contributed by atoms with Gasteiger partial charge in [0.2, 0.25) is 0 Å². The van der Waals surface area contributed by atoms with Crippen LogP contribution >= 0.6 is 22.9 Å². The van der Waals surface area contributed by atoms with Crippen LogP contribution in [-0.4, -0.2) is 24.6 Å². The summed E-state index contributed by atoms with van der Waals surface area (Å²) >= 11 is 7.73. The lowest BCUT2D eigenvalue weighted by Gasteiger charge is -2.12. The van der Waals surface area contributed by atoms with Crippen LogP contribution in [0.2, 0.25) is 5.02 Å². The average molecular weight is 357 g/mol. The van der Waals surface area contributed by atoms with Crippen LogP contribution in [0.5, 0.6) is 0 Å². The molecule has 1 aromatic carbocycles. The topological polar surface area (TPSA) is 71.9 Å². The number of hydrogen-bond donors (Lipinski definition) is 1. The second-order valence-corrected chi connectivity index (χ2v) is 7.46. The normalized spacial score (nSPS) is 14.4. The molecule has 5 rings (SSSR count). The number of aromatic nitrogens is 5. The lowest BCUT2D eigenvalue weighted by atomic mass is 9.97. The maximum atomic E-state index is 8.84. The van der Waals surface area contributed by atoms with Crippen molar-refractivity contribution in [2.45, 2.75) is 25.7 Å². The van der Waals surface area contributed by atoms with E-state index in [0.29, 0.717) is 16.3 Å². The van der Waals surface area contributed by atoms with Crippen molar-refractivity contribution in [3.05, 3.63) is 45.2 Å². The van der Waals surface area contributed by atoms with Crippen molar-refractivity contribution in [1.29, 1.82) is 5.41 Å². The molecule has 0 fully saturated rings. The molecule has 0 unspecified atom stereocenters. The first kappa shape index (κ1) is 14.1. The molecule has 1 aliphatic carbocycles. The van der Waals surface area contributed by atoms with Crippen LogP contribution in [0.25, 0.3) is 21.7 Å². The molecule has 0 bridgehead atoms. The maximum Gasteiger partial charge on any atom is 0.261 e. The average Bonchev–Trinajstić information content (AvgIpc) is 3.20. The van der Waals surface area contributed by atoms with Crippen molar-refractivity contribution in [1.82, 2.24) is 24.6 Å². The second-order valence-electron chi connectivity index (χ2n) is 5.94. The number of aryl methyl sites for hydroxylation is 2. The first-order valence-corrected chi connectivity index (χ1v) is 9.01. The van der Waals surface area contributed by atoms with Crippen LogP contribution in [-0.2, 0) is 12.8 Å². The third-order valence-corrected chi connectivity index (χ3v) is 6.06. The van der Waals surface area contributed by atoms with Crippen LogP contribution in [0.4, 0.5) is 0 Å². The van der Waals surface area contributed by atoms with Crippen LogP contribution in [0.1, 0.15) is 23.3 Å². The summed E-state index contributed by atoms with van der Waals surface area (Å²) in [6.07, 6.45) is 4.49. The van der Waals surface area contributed by atoms with Crippen molar-refractivity contribution >= 4 is 38.9 Å². The van der Waals surface area contributed by atoms with E-state index >= 15 is 0 Å². The van der Waals surface area contributed by atoms with Gasteiger partial charge in [-0.05, 0) is 65.9 Å². The molecule has 8 heteroatoms. The summed E-state index contributed by atoms with van der Waals surface area (Å²) in [6, 6.07) is 7.41. The van der Waals surface area contributed by atoms with Gasteiger partial charge in [-0.2, -0.15) is 4.52 Å². The fourth-order valence-electron chi connectivity index (χ4n) is 3.44. The highest BCUT2D eigenvalue weighted by atomic mass is 35.5. The Balaban J connectivity index is 1.95. The summed E-state index contributed by atoms with van der Waals surface area (Å²) in [5.74, 6) is 0.549. The van der Waals surface area contributed by atoms with Gasteiger partial charge in [0, 0.05) is 9.90 Å². The molecular formula is C16H13ClN6S. The summed E-state index contributed by atoms with van der Waals surface area (Å²) < 4.78 is 3.55. The van der Waals surface area contributed by atoms with E-state index in [2.05, 4.69) is 15.5 Å². The molecular weight excluding hydrogens is 344 g/mol. The Morgan fingerprint density at radius 2 is 1.92 bits per heavy atom. The number of nitrogens with one attached hydrogen (secondary N) is 1. The number of tetrazole rings is 1. The summed E-state index contributed by atoms with van der Waals surface area (Å²) in [7, 11) is 0. The highest BCUT2D eigenvalue weighted by Crippen LogP contribution is 2.34. The zero-order valence-corrected chi connectivity index (χ0v) is 14.2. The van der Waals surface area contributed by atoms with Gasteiger partial charge < -0.3 is 0 Å². The van der Waals surface area contributed by atoms with Gasteiger partial charge in [0.05, 0.1) is 11.1 Å². The molecule has 4 aromatic rings. The predicted octanol–water partition coefficient (Wildman–Crippen LogP) is 3.14. The van der Waals surface area contributed by atoms with Crippen molar-refractivity contribution in [3.63, 3.8) is 0 Å². The van der Waals surface area contributed by atoms with E-state index in [1.165, 1.54) is 23.3 Å². The van der Waals surface area contributed by atoms with Crippen LogP contribution < -0.4 is 5.49 Å². The van der Waals surface area contributed by atoms with Crippen LogP contribution in [0, 0.1) is 5.41 Å². The Morgan fingerprint density at radius 1 is 1.12 bits per heavy atom. The second kappa shape index (κ2) is 5.12. The smallest absolute Gasteiger partial charge is 0.261 e. The summed E-state index contributed by atoms with van der Waals surface area (Å²) in [6.45, 7) is 0. The summed E-state index contributed by atoms with van der Waals surface area (Å²) in [4.78, 5) is 2.34. The quantitative estimate of drug-likeness (QED) is 0.569. The van der Waals surface area contributed by atoms with E-state index in [1.54, 1.807) is 20.4 Å². The van der Waals surface area contributed by atoms with E-state index < -0.39 is 0 Å². The molecule has 3 aromatic heterocycles. The number of thiophene rings is 1. The zero-order chi connectivity index (χ0) is 16.3. The lowest BCUT2D eigenvalue weighted by Crippen LogP contribution is -2.22. The van der Waals surface area contributed by atoms with Gasteiger partial charge in [-0.1, -0.05) is 16.7 Å². The van der Waals surface area contributed by atoms with Crippen molar-refractivity contribution in [2.24, 2.45) is 0 Å². The minimum absolute atomic E-state index is 0.439. The molecule has 0 spiro atoms. The standard InChI is InChI=1S/C16H13ClN6S/c17-9-5-7-10(8-6-9)22-14(18)13-11-3-1-2-4-12(11)24-15(13)23-16(22)19-20-21-23/h5-8,18H,1-4H2. The SMILES string of the molecule is N=c1c2c3c(sc2n2nnnc2n1-c1ccc(Cl)cc1)CCCC3. The molecule has 1 N–H and O–H groups in total. The number of halogens is 1. The minimum atomic E-state index is 0.439. The van der Waals surface area contributed by atoms with Crippen LogP contribution in [0.15, 0.2) is 24.3 Å². The molecule has 120 valence electrons. The number of fused-ring (bicyclic) bond motifs is 5. The Labute approximate surface area is 145 Å². The number of rotatable bonds is 1. The lowest BCUT2D eigenvalue weighted by molar-refractivity contribution is 0.699. The summed E-state index contributed by atoms with van der Waals surface area (Å²) in [5.41, 5.74) is 2.57. The monoisotopic (exact) mass is 356 g/mol. The Morgan fingerprint density at radius 3 is 2.75 bits per heavy atom. The first-order valence-electron chi connectivity index (χ1n) is 7.82. The molecule has 0 radical (unpaired) electrons. The third kappa shape index (κ3) is 1.88. The first-order chi connectivity index (χ1) is 11.7. The highest BCUT2D eigenvalue weighted by molar-refractivity contribution is 7.18. The van der Waals surface area contributed by atoms with Crippen molar-refractivity contribution in [3.8, 4) is 5.69 Å². The Hall–Kier alpha value is -2.25. The molecule has 3 heterocycles. The molecule has 6 nitrogen and oxygen atoms in total. The van der Waals surface area contributed by atoms with Gasteiger partial charge in [-0.3, -0.25) is 9.98 Å². The largest absolute Gasteiger partial charge is 0.283 e. The molecule has 0 saturated carbocycles. The van der Waals surface area contributed by atoms with Gasteiger partial charge in [0.25, 0.3) is 5.78 Å². The van der Waals surface area contributed by atoms with Crippen molar-refractivity contribution < 1.29 is 0 Å². The maximum absolute atomic E-state index is 8.84. The summed E-state index contributed by atoms with van der Waals surface area (Å²) in [5, 5.41) is 22.6. The fourth-order valence-corrected chi connectivity index (χ4v) is 4.90. The van der Waals surface area contributed by atoms with E-state index in [1.807, 2.05) is 24.3 Å². The van der Waals surface area contributed by atoms with E-state index in [-0.39, 0.29) is 0 Å². The molecule has 0 saturated heterocycles. The molecule has 24 heavy (non-hydrogen) atoms. The van der Waals surface area contributed by atoms with Crippen molar-refractivity contribution in [2.75, 3.05) is 0 Å². The van der Waals surface area contributed by atoms with Gasteiger partial charge >= 0.3 is 0 Å². The zero-order valence-electron chi connectivity index (χ0n) is 12.7. The highest BCUT2D eigenvalue weighted by Gasteiger charge is 2.22. The van der Waals surface area contributed by atoms with Gasteiger partial charge in [-0.25, -0.2) is 0 Å². The third-order valence-electron chi connectivity index (χ3n) is 4.54. The minimum Gasteiger partial charge on any atom is -0.283 e. The Bertz CT molecular complexity index is 1140. The fraction of sp³-hybridized carbons (Fsp3) is 0.250. The van der Waals surface area contributed by atoms with E-state index in [9.17, 15) is 0 Å². The molecule has 1 aliphatic rings. The van der Waals surface area contributed by atoms with Gasteiger partial charge in [0.15, 0.2) is 0 Å². The van der Waals surface area contributed by atoms with Gasteiger partial charge in [0.1, 0.15) is 10.3 Å². The number of hydrogen-bond acceptors (Lipinski definition) is 5. The van der Waals surface area contributed by atoms with Crippen LogP contribution in [0.3, 0.4) is 0 Å². The number of nitrogens with zero attached hydrogens (tertiary/aromatic N) is 5. The predicted molar refractivity (Wildman–Crippen MR) is 93.0 cm³/mol. The molecule has 0 amide bonds. The molecule has 0 aliphatic heterocycles. The van der Waals surface area contributed by atoms with E-state index in [0.717, 1.165) is 28.7 Å². The van der Waals surface area contributed by atoms with Gasteiger partial charge in [-0.15, -0.1) is 11.3 Å². The molecule has 0 atom stereocenters. The van der Waals surface area contributed by atoms with E-state index in [4.69, 9.17) is 17.0 Å². The number of benzene rings is 1. The Kier molecular flexibility index (Phi) is 3.01.